The molecule has 0 bridgehead atoms. The van der Waals surface area contributed by atoms with E-state index in [9.17, 15) is 9.59 Å². The molecule has 0 aliphatic carbocycles. The van der Waals surface area contributed by atoms with Crippen molar-refractivity contribution in [3.05, 3.63) is 59.1 Å². The van der Waals surface area contributed by atoms with E-state index in [1.807, 2.05) is 31.2 Å². The van der Waals surface area contributed by atoms with Crippen LogP contribution < -0.4 is 9.64 Å². The molecule has 28 heavy (non-hydrogen) atoms. The lowest BCUT2D eigenvalue weighted by Gasteiger charge is -2.22. The number of aryl methyl sites for hydroxylation is 1. The van der Waals surface area contributed by atoms with Gasteiger partial charge in [-0.25, -0.2) is 0 Å². The minimum atomic E-state index is -0.531. The number of anilines is 1. The predicted octanol–water partition coefficient (Wildman–Crippen LogP) is 3.91. The molecule has 0 radical (unpaired) electrons. The molecule has 0 atom stereocenters. The van der Waals surface area contributed by atoms with Gasteiger partial charge >= 0.3 is 5.97 Å². The highest BCUT2D eigenvalue weighted by atomic mass is 35.5. The molecular formula is C21H21ClN2O4. The molecule has 0 aliphatic heterocycles. The number of carbonyl (C=O) groups excluding carboxylic acids is 2. The predicted molar refractivity (Wildman–Crippen MR) is 106 cm³/mol. The standard InChI is InChI=1S/C21H21ClN2O4/c1-16-14-17(8-9-19(16)22)24(12-5-11-23)20(25)15-28-21(26)10-13-27-18-6-3-2-4-7-18/h2-4,6-9,14H,5,10,12-13,15H2,1H3. The zero-order chi connectivity index (χ0) is 20.4. The maximum Gasteiger partial charge on any atom is 0.309 e. The molecule has 7 heteroatoms. The zero-order valence-electron chi connectivity index (χ0n) is 15.6. The maximum atomic E-state index is 12.5. The highest BCUT2D eigenvalue weighted by Gasteiger charge is 2.18. The molecule has 0 heterocycles. The smallest absolute Gasteiger partial charge is 0.309 e. The van der Waals surface area contributed by atoms with Crippen LogP contribution in [0.1, 0.15) is 18.4 Å². The van der Waals surface area contributed by atoms with E-state index >= 15 is 0 Å². The molecule has 0 fully saturated rings. The lowest BCUT2D eigenvalue weighted by atomic mass is 10.2. The van der Waals surface area contributed by atoms with Gasteiger partial charge in [0, 0.05) is 17.3 Å². The number of esters is 1. The normalized spacial score (nSPS) is 10.0. The Morgan fingerprint density at radius 3 is 2.61 bits per heavy atom. The first-order valence-electron chi connectivity index (χ1n) is 8.78. The van der Waals surface area contributed by atoms with Gasteiger partial charge in [-0.15, -0.1) is 0 Å². The Labute approximate surface area is 169 Å². The van der Waals surface area contributed by atoms with Crippen LogP contribution in [0, 0.1) is 18.3 Å². The number of amides is 1. The number of hydrogen-bond donors (Lipinski definition) is 0. The Bertz CT molecular complexity index is 849. The summed E-state index contributed by atoms with van der Waals surface area (Å²) in [5, 5.41) is 9.43. The molecule has 0 N–H and O–H groups in total. The number of rotatable bonds is 9. The molecule has 0 aliphatic rings. The summed E-state index contributed by atoms with van der Waals surface area (Å²) in [6, 6.07) is 16.3. The van der Waals surface area contributed by atoms with Gasteiger partial charge in [-0.1, -0.05) is 29.8 Å². The Balaban J connectivity index is 1.87. The third-order valence-electron chi connectivity index (χ3n) is 3.88. The SMILES string of the molecule is Cc1cc(N(CCC#N)C(=O)COC(=O)CCOc2ccccc2)ccc1Cl. The highest BCUT2D eigenvalue weighted by Crippen LogP contribution is 2.23. The Hall–Kier alpha value is -3.04. The minimum Gasteiger partial charge on any atom is -0.493 e. The van der Waals surface area contributed by atoms with Crippen molar-refractivity contribution in [3.8, 4) is 11.8 Å². The lowest BCUT2D eigenvalue weighted by Crippen LogP contribution is -2.35. The van der Waals surface area contributed by atoms with Crippen LogP contribution in [-0.2, 0) is 14.3 Å². The van der Waals surface area contributed by atoms with Gasteiger partial charge in [-0.2, -0.15) is 5.26 Å². The maximum absolute atomic E-state index is 12.5. The summed E-state index contributed by atoms with van der Waals surface area (Å²) < 4.78 is 10.5. The summed E-state index contributed by atoms with van der Waals surface area (Å²) in [5.41, 5.74) is 1.41. The van der Waals surface area contributed by atoms with Crippen LogP contribution in [0.2, 0.25) is 5.02 Å². The third-order valence-corrected chi connectivity index (χ3v) is 4.30. The number of benzene rings is 2. The first-order valence-corrected chi connectivity index (χ1v) is 9.16. The molecular weight excluding hydrogens is 380 g/mol. The number of nitrogens with zero attached hydrogens (tertiary/aromatic N) is 2. The summed E-state index contributed by atoms with van der Waals surface area (Å²) in [7, 11) is 0. The molecule has 6 nitrogen and oxygen atoms in total. The van der Waals surface area contributed by atoms with Crippen LogP contribution in [-0.4, -0.2) is 31.6 Å². The van der Waals surface area contributed by atoms with E-state index in [0.717, 1.165) is 5.56 Å². The van der Waals surface area contributed by atoms with Crippen LogP contribution in [0.25, 0.3) is 0 Å². The van der Waals surface area contributed by atoms with Crippen molar-refractivity contribution in [3.63, 3.8) is 0 Å². The molecule has 0 saturated heterocycles. The molecule has 2 aromatic carbocycles. The molecule has 0 saturated carbocycles. The Kier molecular flexibility index (Phi) is 8.32. The van der Waals surface area contributed by atoms with Crippen molar-refractivity contribution >= 4 is 29.2 Å². The average Bonchev–Trinajstić information content (AvgIpc) is 2.70. The van der Waals surface area contributed by atoms with Crippen molar-refractivity contribution in [1.29, 1.82) is 5.26 Å². The number of hydrogen-bond acceptors (Lipinski definition) is 5. The number of para-hydroxylation sites is 1. The number of carbonyl (C=O) groups is 2. The second kappa shape index (κ2) is 11.0. The van der Waals surface area contributed by atoms with E-state index in [4.69, 9.17) is 26.3 Å². The van der Waals surface area contributed by atoms with E-state index in [-0.39, 0.29) is 26.0 Å². The molecule has 0 unspecified atom stereocenters. The number of halogens is 1. The van der Waals surface area contributed by atoms with E-state index in [1.54, 1.807) is 30.3 Å². The van der Waals surface area contributed by atoms with Gasteiger partial charge in [0.25, 0.3) is 5.91 Å². The van der Waals surface area contributed by atoms with E-state index in [2.05, 4.69) is 0 Å². The summed E-state index contributed by atoms with van der Waals surface area (Å²) in [6.45, 7) is 1.78. The van der Waals surface area contributed by atoms with Gasteiger partial charge in [-0.05, 0) is 42.8 Å². The molecule has 2 rings (SSSR count). The first-order chi connectivity index (χ1) is 13.5. The average molecular weight is 401 g/mol. The summed E-state index contributed by atoms with van der Waals surface area (Å²) in [5.74, 6) is -0.279. The van der Waals surface area contributed by atoms with Crippen LogP contribution in [0.4, 0.5) is 5.69 Å². The monoisotopic (exact) mass is 400 g/mol. The van der Waals surface area contributed by atoms with Crippen molar-refractivity contribution in [1.82, 2.24) is 0 Å². The second-order valence-electron chi connectivity index (χ2n) is 5.96. The van der Waals surface area contributed by atoms with Crippen LogP contribution in [0.15, 0.2) is 48.5 Å². The fraction of sp³-hybridized carbons (Fsp3) is 0.286. The topological polar surface area (TPSA) is 79.6 Å². The van der Waals surface area contributed by atoms with Gasteiger partial charge in [-0.3, -0.25) is 9.59 Å². The zero-order valence-corrected chi connectivity index (χ0v) is 16.3. The molecule has 1 amide bonds. The Morgan fingerprint density at radius 2 is 1.93 bits per heavy atom. The molecule has 146 valence electrons. The van der Waals surface area contributed by atoms with E-state index in [1.165, 1.54) is 4.90 Å². The molecule has 0 aromatic heterocycles. The summed E-state index contributed by atoms with van der Waals surface area (Å²) in [4.78, 5) is 25.8. The highest BCUT2D eigenvalue weighted by molar-refractivity contribution is 6.31. The van der Waals surface area contributed by atoms with Crippen LogP contribution in [0.3, 0.4) is 0 Å². The third kappa shape index (κ3) is 6.60. The lowest BCUT2D eigenvalue weighted by molar-refractivity contribution is -0.148. The largest absolute Gasteiger partial charge is 0.493 e. The van der Waals surface area contributed by atoms with Crippen molar-refractivity contribution < 1.29 is 19.1 Å². The first kappa shape index (κ1) is 21.3. The molecule has 2 aromatic rings. The van der Waals surface area contributed by atoms with E-state index < -0.39 is 18.5 Å². The number of ether oxygens (including phenoxy) is 2. The Morgan fingerprint density at radius 1 is 1.18 bits per heavy atom. The van der Waals surface area contributed by atoms with E-state index in [0.29, 0.717) is 16.5 Å². The number of nitriles is 1. The van der Waals surface area contributed by atoms with Gasteiger partial charge < -0.3 is 14.4 Å². The summed E-state index contributed by atoms with van der Waals surface area (Å²) >= 11 is 6.03. The van der Waals surface area contributed by atoms with Crippen molar-refractivity contribution in [2.75, 3.05) is 24.7 Å². The van der Waals surface area contributed by atoms with Gasteiger partial charge in [0.05, 0.1) is 25.5 Å². The second-order valence-corrected chi connectivity index (χ2v) is 6.37. The van der Waals surface area contributed by atoms with Gasteiger partial charge in [0.1, 0.15) is 5.75 Å². The van der Waals surface area contributed by atoms with Gasteiger partial charge in [0.2, 0.25) is 0 Å². The van der Waals surface area contributed by atoms with Crippen molar-refractivity contribution in [2.45, 2.75) is 19.8 Å². The van der Waals surface area contributed by atoms with Crippen LogP contribution >= 0.6 is 11.6 Å². The van der Waals surface area contributed by atoms with Gasteiger partial charge in [0.15, 0.2) is 6.61 Å². The molecule has 0 spiro atoms. The quantitative estimate of drug-likeness (QED) is 0.596. The van der Waals surface area contributed by atoms with Crippen molar-refractivity contribution in [2.24, 2.45) is 0 Å². The summed E-state index contributed by atoms with van der Waals surface area (Å²) in [6.07, 6.45) is 0.187. The minimum absolute atomic E-state index is 0.0282. The van der Waals surface area contributed by atoms with Crippen LogP contribution in [0.5, 0.6) is 5.75 Å². The fourth-order valence-electron chi connectivity index (χ4n) is 2.42. The fourth-order valence-corrected chi connectivity index (χ4v) is 2.54.